The van der Waals surface area contributed by atoms with E-state index < -0.39 is 0 Å². The summed E-state index contributed by atoms with van der Waals surface area (Å²) in [5, 5.41) is 8.54. The number of hydrogen-bond donors (Lipinski definition) is 0. The molecule has 0 saturated carbocycles. The van der Waals surface area contributed by atoms with E-state index >= 15 is 0 Å². The van der Waals surface area contributed by atoms with Crippen molar-refractivity contribution in [1.82, 2.24) is 19.3 Å². The standard InChI is InChI=1S/C32H20N4OSe/c1-3-12-27-24(10-1)25-16-15-23(19-28(25)36(27)31-14-5-6-17-33-31)37-22-9-7-8-21(18-22)35-20-30-32(34-35)26-11-2-4-13-29(26)38-30/h1-20H. The Balaban J connectivity index is 1.19. The van der Waals surface area contributed by atoms with Gasteiger partial charge in [0.1, 0.15) is 0 Å². The number of benzene rings is 4. The van der Waals surface area contributed by atoms with Crippen molar-refractivity contribution in [3.63, 3.8) is 0 Å². The van der Waals surface area contributed by atoms with Crippen LogP contribution in [0.1, 0.15) is 0 Å². The van der Waals surface area contributed by atoms with Gasteiger partial charge >= 0.3 is 171 Å². The molecular formula is C32H20N4OSe. The van der Waals surface area contributed by atoms with Gasteiger partial charge in [0.2, 0.25) is 0 Å². The van der Waals surface area contributed by atoms with Gasteiger partial charge in [-0.15, -0.1) is 0 Å². The van der Waals surface area contributed by atoms with E-state index in [0.29, 0.717) is 14.5 Å². The predicted octanol–water partition coefficient (Wildman–Crippen LogP) is 7.52. The van der Waals surface area contributed by atoms with Gasteiger partial charge in [-0.05, 0) is 18.2 Å². The molecule has 38 heavy (non-hydrogen) atoms. The summed E-state index contributed by atoms with van der Waals surface area (Å²) in [5.41, 5.74) is 4.26. The van der Waals surface area contributed by atoms with Crippen molar-refractivity contribution in [3.05, 3.63) is 122 Å². The minimum atomic E-state index is 0.291. The number of aromatic nitrogens is 4. The third-order valence-corrected chi connectivity index (χ3v) is 9.18. The summed E-state index contributed by atoms with van der Waals surface area (Å²) in [6.07, 6.45) is 3.98. The van der Waals surface area contributed by atoms with E-state index in [0.717, 1.165) is 39.6 Å². The minimum absolute atomic E-state index is 0.291. The third kappa shape index (κ3) is 3.39. The summed E-state index contributed by atoms with van der Waals surface area (Å²) in [6.45, 7) is 0. The van der Waals surface area contributed by atoms with Gasteiger partial charge in [0.25, 0.3) is 0 Å². The molecule has 0 fully saturated rings. The summed E-state index contributed by atoms with van der Waals surface area (Å²) < 4.78 is 13.3. The molecule has 0 bridgehead atoms. The Kier molecular flexibility index (Phi) is 4.77. The maximum atomic E-state index is 6.40. The molecule has 0 atom stereocenters. The average molecular weight is 555 g/mol. The van der Waals surface area contributed by atoms with Crippen LogP contribution in [0.4, 0.5) is 0 Å². The first kappa shape index (κ1) is 21.4. The number of ether oxygens (including phenoxy) is 1. The van der Waals surface area contributed by atoms with Crippen LogP contribution >= 0.6 is 0 Å². The van der Waals surface area contributed by atoms with E-state index in [1.807, 2.05) is 53.3 Å². The SMILES string of the molecule is c1ccc(-n2c3ccccc3c3ccc(Oc4cccc(-n5cc6[se]c7ccccc7c6n5)c4)cc32)nc1. The van der Waals surface area contributed by atoms with Crippen LogP contribution in [0.3, 0.4) is 0 Å². The molecule has 180 valence electrons. The topological polar surface area (TPSA) is 44.9 Å². The van der Waals surface area contributed by atoms with Gasteiger partial charge < -0.3 is 0 Å². The molecule has 0 spiro atoms. The minimum Gasteiger partial charge on any atom is -0.239 e. The van der Waals surface area contributed by atoms with Gasteiger partial charge in [-0.2, -0.15) is 0 Å². The van der Waals surface area contributed by atoms with Crippen LogP contribution in [0, 0.1) is 0 Å². The fourth-order valence-electron chi connectivity index (χ4n) is 5.19. The Morgan fingerprint density at radius 3 is 2.37 bits per heavy atom. The number of rotatable bonds is 4. The molecule has 5 nitrogen and oxygen atoms in total. The van der Waals surface area contributed by atoms with Crippen LogP contribution < -0.4 is 4.74 Å². The Hall–Kier alpha value is -4.64. The molecule has 4 heterocycles. The van der Waals surface area contributed by atoms with E-state index in [1.165, 1.54) is 24.7 Å². The second kappa shape index (κ2) is 8.45. The first-order valence-electron chi connectivity index (χ1n) is 12.4. The van der Waals surface area contributed by atoms with Crippen molar-refractivity contribution in [3.8, 4) is 23.0 Å². The largest absolute Gasteiger partial charge is 0.239 e. The molecule has 0 N–H and O–H groups in total. The van der Waals surface area contributed by atoms with E-state index in [9.17, 15) is 0 Å². The fourth-order valence-corrected chi connectivity index (χ4v) is 7.41. The quantitative estimate of drug-likeness (QED) is 0.211. The van der Waals surface area contributed by atoms with Gasteiger partial charge in [-0.25, -0.2) is 4.98 Å². The molecule has 8 rings (SSSR count). The number of nitrogens with zero attached hydrogens (tertiary/aromatic N) is 4. The van der Waals surface area contributed by atoms with Crippen molar-refractivity contribution in [2.75, 3.05) is 0 Å². The molecule has 0 saturated heterocycles. The normalized spacial score (nSPS) is 11.7. The second-order valence-electron chi connectivity index (χ2n) is 9.20. The van der Waals surface area contributed by atoms with Crippen molar-refractivity contribution < 1.29 is 4.74 Å². The van der Waals surface area contributed by atoms with E-state index in [1.54, 1.807) is 0 Å². The van der Waals surface area contributed by atoms with Crippen LogP contribution in [-0.2, 0) is 0 Å². The maximum absolute atomic E-state index is 6.40. The molecule has 8 aromatic rings. The monoisotopic (exact) mass is 556 g/mol. The molecule has 6 heteroatoms. The average Bonchev–Trinajstić information content (AvgIpc) is 3.63. The second-order valence-corrected chi connectivity index (χ2v) is 11.5. The van der Waals surface area contributed by atoms with Crippen molar-refractivity contribution >= 4 is 55.7 Å². The van der Waals surface area contributed by atoms with E-state index in [-0.39, 0.29) is 0 Å². The number of pyridine rings is 1. The Morgan fingerprint density at radius 2 is 1.45 bits per heavy atom. The van der Waals surface area contributed by atoms with Crippen LogP contribution in [0.25, 0.3) is 52.7 Å². The molecule has 4 aromatic carbocycles. The summed E-state index contributed by atoms with van der Waals surface area (Å²) in [4.78, 5) is 4.63. The van der Waals surface area contributed by atoms with Crippen LogP contribution in [-0.4, -0.2) is 33.8 Å². The van der Waals surface area contributed by atoms with E-state index in [4.69, 9.17) is 9.84 Å². The summed E-state index contributed by atoms with van der Waals surface area (Å²) in [7, 11) is 0. The Morgan fingerprint density at radius 1 is 0.632 bits per heavy atom. The van der Waals surface area contributed by atoms with Crippen LogP contribution in [0.15, 0.2) is 122 Å². The third-order valence-electron chi connectivity index (χ3n) is 6.88. The first-order chi connectivity index (χ1) is 18.8. The summed E-state index contributed by atoms with van der Waals surface area (Å²) in [6, 6.07) is 37.3. The zero-order valence-electron chi connectivity index (χ0n) is 20.2. The van der Waals surface area contributed by atoms with Gasteiger partial charge in [-0.3, -0.25) is 0 Å². The zero-order chi connectivity index (χ0) is 25.1. The van der Waals surface area contributed by atoms with Crippen molar-refractivity contribution in [2.45, 2.75) is 0 Å². The predicted molar refractivity (Wildman–Crippen MR) is 154 cm³/mol. The first-order valence-corrected chi connectivity index (χ1v) is 14.1. The zero-order valence-corrected chi connectivity index (χ0v) is 21.9. The Labute approximate surface area is 223 Å². The van der Waals surface area contributed by atoms with Crippen LogP contribution in [0.2, 0.25) is 0 Å². The fraction of sp³-hybridized carbons (Fsp3) is 0. The maximum Gasteiger partial charge on any atom is 0.0292 e. The Bertz CT molecular complexity index is 2120. The number of para-hydroxylation sites is 1. The number of hydrogen-bond acceptors (Lipinski definition) is 3. The summed E-state index contributed by atoms with van der Waals surface area (Å²) >= 11 is 0.291. The van der Waals surface area contributed by atoms with Crippen molar-refractivity contribution in [1.29, 1.82) is 0 Å². The molecule has 0 aliphatic rings. The van der Waals surface area contributed by atoms with Gasteiger partial charge in [0, 0.05) is 6.20 Å². The van der Waals surface area contributed by atoms with Crippen LogP contribution in [0.5, 0.6) is 11.5 Å². The molecule has 0 aliphatic heterocycles. The van der Waals surface area contributed by atoms with Crippen molar-refractivity contribution in [2.24, 2.45) is 0 Å². The number of fused-ring (bicyclic) bond motifs is 6. The van der Waals surface area contributed by atoms with Gasteiger partial charge in [0.05, 0.1) is 0 Å². The molecule has 4 aromatic heterocycles. The van der Waals surface area contributed by atoms with E-state index in [2.05, 4.69) is 82.5 Å². The molecule has 0 radical (unpaired) electrons. The molecule has 0 amide bonds. The summed E-state index contributed by atoms with van der Waals surface area (Å²) in [5.74, 6) is 2.42. The molecule has 0 unspecified atom stereocenters. The smallest absolute Gasteiger partial charge is 0.0292 e. The molecular weight excluding hydrogens is 535 g/mol. The van der Waals surface area contributed by atoms with Gasteiger partial charge in [0.15, 0.2) is 0 Å². The van der Waals surface area contributed by atoms with Gasteiger partial charge in [-0.1, -0.05) is 24.3 Å². The molecule has 0 aliphatic carbocycles.